The molecular weight excluding hydrogens is 340 g/mol. The van der Waals surface area contributed by atoms with E-state index in [0.717, 1.165) is 64.0 Å². The molecule has 3 heterocycles. The van der Waals surface area contributed by atoms with Gasteiger partial charge in [-0.05, 0) is 50.6 Å². The lowest BCUT2D eigenvalue weighted by molar-refractivity contribution is -0.131. The zero-order chi connectivity index (χ0) is 19.4. The molecule has 150 valence electrons. The molecule has 6 heteroatoms. The molecule has 0 N–H and O–H groups in total. The molecule has 0 bridgehead atoms. The average Bonchev–Trinajstić information content (AvgIpc) is 2.80. The summed E-state index contributed by atoms with van der Waals surface area (Å²) in [7, 11) is 1.96. The van der Waals surface area contributed by atoms with E-state index in [-0.39, 0.29) is 11.5 Å². The SMILES string of the molecule is CC(C)c1cc(=O)n(CC2CCN(CC3CCCCC(=O)N3C)CC2)cn1. The lowest BCUT2D eigenvalue weighted by atomic mass is 9.96. The monoisotopic (exact) mass is 374 g/mol. The third-order valence-electron chi connectivity index (χ3n) is 6.24. The van der Waals surface area contributed by atoms with Crippen molar-refractivity contribution in [3.8, 4) is 0 Å². The predicted molar refractivity (Wildman–Crippen MR) is 107 cm³/mol. The Morgan fingerprint density at radius 2 is 1.85 bits per heavy atom. The molecule has 1 amide bonds. The van der Waals surface area contributed by atoms with Crippen LogP contribution in [-0.4, -0.2) is 58.0 Å². The molecule has 1 unspecified atom stereocenters. The summed E-state index contributed by atoms with van der Waals surface area (Å²) in [6.07, 6.45) is 7.92. The number of carbonyl (C=O) groups is 1. The molecule has 2 saturated heterocycles. The number of nitrogens with zero attached hydrogens (tertiary/aromatic N) is 4. The van der Waals surface area contributed by atoms with Crippen LogP contribution in [0, 0.1) is 5.92 Å². The van der Waals surface area contributed by atoms with E-state index in [1.807, 2.05) is 11.9 Å². The van der Waals surface area contributed by atoms with Gasteiger partial charge in [0, 0.05) is 38.7 Å². The van der Waals surface area contributed by atoms with Crippen molar-refractivity contribution >= 4 is 5.91 Å². The molecule has 0 aromatic carbocycles. The highest BCUT2D eigenvalue weighted by Gasteiger charge is 2.27. The lowest BCUT2D eigenvalue weighted by Crippen LogP contribution is -2.46. The molecule has 0 spiro atoms. The van der Waals surface area contributed by atoms with Gasteiger partial charge in [-0.2, -0.15) is 0 Å². The van der Waals surface area contributed by atoms with Gasteiger partial charge in [0.15, 0.2) is 0 Å². The molecule has 1 atom stereocenters. The van der Waals surface area contributed by atoms with Crippen molar-refractivity contribution in [3.05, 3.63) is 28.4 Å². The van der Waals surface area contributed by atoms with E-state index in [1.165, 1.54) is 0 Å². The molecular formula is C21H34N4O2. The second-order valence-corrected chi connectivity index (χ2v) is 8.61. The van der Waals surface area contributed by atoms with Gasteiger partial charge in [-0.3, -0.25) is 14.2 Å². The largest absolute Gasteiger partial charge is 0.341 e. The van der Waals surface area contributed by atoms with E-state index in [0.29, 0.717) is 24.3 Å². The molecule has 2 aliphatic rings. The molecule has 0 saturated carbocycles. The van der Waals surface area contributed by atoms with Gasteiger partial charge in [-0.1, -0.05) is 20.3 Å². The summed E-state index contributed by atoms with van der Waals surface area (Å²) in [4.78, 5) is 33.3. The van der Waals surface area contributed by atoms with E-state index < -0.39 is 0 Å². The van der Waals surface area contributed by atoms with Gasteiger partial charge in [-0.25, -0.2) is 4.98 Å². The molecule has 2 fully saturated rings. The van der Waals surface area contributed by atoms with E-state index in [4.69, 9.17) is 0 Å². The van der Waals surface area contributed by atoms with Crippen LogP contribution in [0.4, 0.5) is 0 Å². The Bertz CT molecular complexity index is 692. The predicted octanol–water partition coefficient (Wildman–Crippen LogP) is 2.48. The van der Waals surface area contributed by atoms with Crippen LogP contribution in [0.3, 0.4) is 0 Å². The summed E-state index contributed by atoms with van der Waals surface area (Å²) in [5, 5.41) is 0. The molecule has 27 heavy (non-hydrogen) atoms. The average molecular weight is 375 g/mol. The highest BCUT2D eigenvalue weighted by atomic mass is 16.2. The molecule has 1 aromatic heterocycles. The fraction of sp³-hybridized carbons (Fsp3) is 0.762. The van der Waals surface area contributed by atoms with Crippen LogP contribution < -0.4 is 5.56 Å². The fourth-order valence-electron chi connectivity index (χ4n) is 4.26. The third kappa shape index (κ3) is 5.18. The number of hydrogen-bond donors (Lipinski definition) is 0. The standard InChI is InChI=1S/C21H34N4O2/c1-16(2)19-12-21(27)25(15-22-19)13-17-8-10-24(11-9-17)14-18-6-4-5-7-20(26)23(18)3/h12,15-18H,4-11,13-14H2,1-3H3. The zero-order valence-corrected chi connectivity index (χ0v) is 17.1. The van der Waals surface area contributed by atoms with E-state index in [2.05, 4.69) is 23.7 Å². The summed E-state index contributed by atoms with van der Waals surface area (Å²) in [5.41, 5.74) is 0.933. The number of carbonyl (C=O) groups excluding carboxylic acids is 1. The summed E-state index contributed by atoms with van der Waals surface area (Å²) in [5.74, 6) is 1.10. The van der Waals surface area contributed by atoms with Crippen LogP contribution in [0.2, 0.25) is 0 Å². The number of rotatable bonds is 5. The Kier molecular flexibility index (Phi) is 6.68. The first-order chi connectivity index (χ1) is 12.9. The maximum absolute atomic E-state index is 12.3. The van der Waals surface area contributed by atoms with Gasteiger partial charge in [0.25, 0.3) is 5.56 Å². The van der Waals surface area contributed by atoms with E-state index >= 15 is 0 Å². The molecule has 1 aromatic rings. The van der Waals surface area contributed by atoms with Crippen LogP contribution in [0.1, 0.15) is 64.0 Å². The van der Waals surface area contributed by atoms with Crippen LogP contribution in [0.15, 0.2) is 17.2 Å². The van der Waals surface area contributed by atoms with Crippen molar-refractivity contribution in [1.82, 2.24) is 19.4 Å². The highest BCUT2D eigenvalue weighted by molar-refractivity contribution is 5.76. The number of piperidine rings is 1. The second-order valence-electron chi connectivity index (χ2n) is 8.61. The molecule has 0 aliphatic carbocycles. The molecule has 6 nitrogen and oxygen atoms in total. The van der Waals surface area contributed by atoms with Crippen LogP contribution >= 0.6 is 0 Å². The van der Waals surface area contributed by atoms with Crippen LogP contribution in [0.25, 0.3) is 0 Å². The Balaban J connectivity index is 1.50. The lowest BCUT2D eigenvalue weighted by Gasteiger charge is -2.36. The minimum Gasteiger partial charge on any atom is -0.341 e. The van der Waals surface area contributed by atoms with Gasteiger partial charge in [0.05, 0.1) is 12.0 Å². The summed E-state index contributed by atoms with van der Waals surface area (Å²) in [6.45, 7) is 7.96. The third-order valence-corrected chi connectivity index (χ3v) is 6.24. The Morgan fingerprint density at radius 1 is 1.11 bits per heavy atom. The number of likely N-dealkylation sites (tertiary alicyclic amines) is 2. The van der Waals surface area contributed by atoms with Gasteiger partial charge in [0.2, 0.25) is 5.91 Å². The van der Waals surface area contributed by atoms with Crippen molar-refractivity contribution < 1.29 is 4.79 Å². The smallest absolute Gasteiger partial charge is 0.253 e. The first-order valence-corrected chi connectivity index (χ1v) is 10.5. The minimum absolute atomic E-state index is 0.0646. The normalized spacial score (nSPS) is 23.0. The quantitative estimate of drug-likeness (QED) is 0.794. The number of likely N-dealkylation sites (N-methyl/N-ethyl adjacent to an activating group) is 1. The second kappa shape index (κ2) is 9.00. The first-order valence-electron chi connectivity index (χ1n) is 10.5. The van der Waals surface area contributed by atoms with Crippen molar-refractivity contribution in [2.24, 2.45) is 5.92 Å². The van der Waals surface area contributed by atoms with Gasteiger partial charge in [0.1, 0.15) is 0 Å². The molecule has 3 rings (SSSR count). The molecule has 2 aliphatic heterocycles. The summed E-state index contributed by atoms with van der Waals surface area (Å²) in [6, 6.07) is 2.03. The maximum atomic E-state index is 12.3. The topological polar surface area (TPSA) is 58.4 Å². The fourth-order valence-corrected chi connectivity index (χ4v) is 4.26. The van der Waals surface area contributed by atoms with E-state index in [1.54, 1.807) is 17.0 Å². The van der Waals surface area contributed by atoms with Crippen LogP contribution in [0.5, 0.6) is 0 Å². The Labute approximate surface area is 162 Å². The van der Waals surface area contributed by atoms with Gasteiger partial charge < -0.3 is 9.80 Å². The number of hydrogen-bond acceptors (Lipinski definition) is 4. The summed E-state index contributed by atoms with van der Waals surface area (Å²) < 4.78 is 1.77. The van der Waals surface area contributed by atoms with Gasteiger partial charge >= 0.3 is 0 Å². The zero-order valence-electron chi connectivity index (χ0n) is 17.1. The number of amides is 1. The summed E-state index contributed by atoms with van der Waals surface area (Å²) >= 11 is 0. The Morgan fingerprint density at radius 3 is 2.52 bits per heavy atom. The van der Waals surface area contributed by atoms with Crippen molar-refractivity contribution in [1.29, 1.82) is 0 Å². The van der Waals surface area contributed by atoms with Crippen molar-refractivity contribution in [2.75, 3.05) is 26.7 Å². The van der Waals surface area contributed by atoms with Crippen molar-refractivity contribution in [2.45, 2.75) is 70.9 Å². The Hall–Kier alpha value is -1.69. The van der Waals surface area contributed by atoms with Crippen LogP contribution in [-0.2, 0) is 11.3 Å². The highest BCUT2D eigenvalue weighted by Crippen LogP contribution is 2.22. The van der Waals surface area contributed by atoms with Crippen molar-refractivity contribution in [3.63, 3.8) is 0 Å². The van der Waals surface area contributed by atoms with Gasteiger partial charge in [-0.15, -0.1) is 0 Å². The molecule has 0 radical (unpaired) electrons. The first kappa shape index (κ1) is 20.1. The minimum atomic E-state index is 0.0646. The maximum Gasteiger partial charge on any atom is 0.253 e. The number of aromatic nitrogens is 2. The van der Waals surface area contributed by atoms with E-state index in [9.17, 15) is 9.59 Å².